The van der Waals surface area contributed by atoms with Gasteiger partial charge >= 0.3 is 0 Å². The third-order valence-electron chi connectivity index (χ3n) is 2.00. The van der Waals surface area contributed by atoms with Gasteiger partial charge in [0.2, 0.25) is 0 Å². The van der Waals surface area contributed by atoms with Crippen LogP contribution in [0, 0.1) is 5.82 Å². The van der Waals surface area contributed by atoms with Crippen molar-refractivity contribution in [3.63, 3.8) is 0 Å². The molecule has 1 unspecified atom stereocenters. The minimum atomic E-state index is -0.188. The highest BCUT2D eigenvalue weighted by molar-refractivity contribution is 5.71. The summed E-state index contributed by atoms with van der Waals surface area (Å²) in [6, 6.07) is 5.33. The number of rotatable bonds is 0. The van der Waals surface area contributed by atoms with Crippen LogP contribution in [0.15, 0.2) is 18.2 Å². The lowest BCUT2D eigenvalue weighted by atomic mass is 10.1. The van der Waals surface area contributed by atoms with Crippen molar-refractivity contribution < 1.29 is 4.39 Å². The molecule has 3 heteroatoms. The molecule has 0 aromatic heterocycles. The standard InChI is InChI=1S/C9H11FN2/c1-6-5-11-8-4-2-3-7(10)9(8)12-6/h2-4,6,11-12H,5H2,1H3. The molecule has 2 N–H and O–H groups in total. The van der Waals surface area contributed by atoms with Crippen LogP contribution in [-0.4, -0.2) is 12.6 Å². The monoisotopic (exact) mass is 166 g/mol. The van der Waals surface area contributed by atoms with E-state index in [0.717, 1.165) is 12.2 Å². The largest absolute Gasteiger partial charge is 0.381 e. The van der Waals surface area contributed by atoms with Crippen LogP contribution < -0.4 is 10.6 Å². The van der Waals surface area contributed by atoms with Crippen molar-refractivity contribution in [1.82, 2.24) is 0 Å². The molecule has 0 spiro atoms. The van der Waals surface area contributed by atoms with Crippen LogP contribution in [0.2, 0.25) is 0 Å². The Bertz CT molecular complexity index is 299. The number of anilines is 2. The Hall–Kier alpha value is -1.25. The summed E-state index contributed by atoms with van der Waals surface area (Å²) < 4.78 is 13.1. The van der Waals surface area contributed by atoms with Crippen molar-refractivity contribution in [2.24, 2.45) is 0 Å². The van der Waals surface area contributed by atoms with Gasteiger partial charge in [-0.25, -0.2) is 4.39 Å². The van der Waals surface area contributed by atoms with Crippen LogP contribution in [0.25, 0.3) is 0 Å². The number of halogens is 1. The summed E-state index contributed by atoms with van der Waals surface area (Å²) in [4.78, 5) is 0. The molecule has 1 aromatic carbocycles. The molecule has 1 atom stereocenters. The SMILES string of the molecule is CC1CNc2cccc(F)c2N1. The van der Waals surface area contributed by atoms with Crippen molar-refractivity contribution in [3.8, 4) is 0 Å². The maximum absolute atomic E-state index is 13.1. The van der Waals surface area contributed by atoms with E-state index in [-0.39, 0.29) is 11.9 Å². The van der Waals surface area contributed by atoms with E-state index < -0.39 is 0 Å². The number of para-hydroxylation sites is 1. The molecule has 12 heavy (non-hydrogen) atoms. The maximum Gasteiger partial charge on any atom is 0.148 e. The van der Waals surface area contributed by atoms with E-state index >= 15 is 0 Å². The van der Waals surface area contributed by atoms with Gasteiger partial charge in [-0.1, -0.05) is 6.07 Å². The van der Waals surface area contributed by atoms with Crippen molar-refractivity contribution in [2.75, 3.05) is 17.2 Å². The van der Waals surface area contributed by atoms with Gasteiger partial charge in [0.1, 0.15) is 5.82 Å². The first kappa shape index (κ1) is 7.40. The summed E-state index contributed by atoms with van der Waals surface area (Å²) in [7, 11) is 0. The van der Waals surface area contributed by atoms with Gasteiger partial charge in [-0.3, -0.25) is 0 Å². The molecule has 1 aliphatic rings. The third kappa shape index (κ3) is 1.11. The third-order valence-corrected chi connectivity index (χ3v) is 2.00. The van der Waals surface area contributed by atoms with E-state index in [4.69, 9.17) is 0 Å². The minimum Gasteiger partial charge on any atom is -0.381 e. The van der Waals surface area contributed by atoms with E-state index in [1.165, 1.54) is 6.07 Å². The Morgan fingerprint density at radius 3 is 3.17 bits per heavy atom. The Labute approximate surface area is 70.8 Å². The predicted molar refractivity (Wildman–Crippen MR) is 48.0 cm³/mol. The average molecular weight is 166 g/mol. The first-order valence-corrected chi connectivity index (χ1v) is 4.06. The molecule has 0 aliphatic carbocycles. The van der Waals surface area contributed by atoms with Crippen LogP contribution in [-0.2, 0) is 0 Å². The minimum absolute atomic E-state index is 0.188. The van der Waals surface area contributed by atoms with Crippen molar-refractivity contribution in [3.05, 3.63) is 24.0 Å². The normalized spacial score (nSPS) is 20.7. The second-order valence-corrected chi connectivity index (χ2v) is 3.09. The Kier molecular flexibility index (Phi) is 1.64. The molecule has 0 bridgehead atoms. The van der Waals surface area contributed by atoms with E-state index in [1.807, 2.05) is 13.0 Å². The molecule has 0 saturated heterocycles. The first-order chi connectivity index (χ1) is 5.77. The Balaban J connectivity index is 2.43. The molecule has 1 aliphatic heterocycles. The number of benzene rings is 1. The molecule has 0 radical (unpaired) electrons. The lowest BCUT2D eigenvalue weighted by Crippen LogP contribution is -2.30. The van der Waals surface area contributed by atoms with Gasteiger partial charge in [-0.05, 0) is 19.1 Å². The fourth-order valence-corrected chi connectivity index (χ4v) is 1.38. The summed E-state index contributed by atoms with van der Waals surface area (Å²) in [5.41, 5.74) is 1.45. The molecule has 1 aromatic rings. The molecule has 0 amide bonds. The van der Waals surface area contributed by atoms with Crippen LogP contribution >= 0.6 is 0 Å². The molecule has 2 rings (SSSR count). The quantitative estimate of drug-likeness (QED) is 0.616. The fraction of sp³-hybridized carbons (Fsp3) is 0.333. The lowest BCUT2D eigenvalue weighted by molar-refractivity contribution is 0.624. The van der Waals surface area contributed by atoms with Crippen LogP contribution in [0.4, 0.5) is 15.8 Å². The average Bonchev–Trinajstić information content (AvgIpc) is 2.07. The first-order valence-electron chi connectivity index (χ1n) is 4.06. The summed E-state index contributed by atoms with van der Waals surface area (Å²) in [6.45, 7) is 2.86. The van der Waals surface area contributed by atoms with E-state index in [2.05, 4.69) is 10.6 Å². The van der Waals surface area contributed by atoms with Gasteiger partial charge in [0.25, 0.3) is 0 Å². The number of nitrogens with one attached hydrogen (secondary N) is 2. The van der Waals surface area contributed by atoms with E-state index in [1.54, 1.807) is 6.07 Å². The van der Waals surface area contributed by atoms with Gasteiger partial charge in [-0.2, -0.15) is 0 Å². The molecule has 1 heterocycles. The van der Waals surface area contributed by atoms with Gasteiger partial charge < -0.3 is 10.6 Å². The van der Waals surface area contributed by atoms with Gasteiger partial charge in [-0.15, -0.1) is 0 Å². The summed E-state index contributed by atoms with van der Waals surface area (Å²) in [6.07, 6.45) is 0. The molecule has 64 valence electrons. The second-order valence-electron chi connectivity index (χ2n) is 3.09. The predicted octanol–water partition coefficient (Wildman–Crippen LogP) is 2.05. The van der Waals surface area contributed by atoms with E-state index in [0.29, 0.717) is 5.69 Å². The van der Waals surface area contributed by atoms with Crippen molar-refractivity contribution >= 4 is 11.4 Å². The molecular weight excluding hydrogens is 155 g/mol. The van der Waals surface area contributed by atoms with Crippen molar-refractivity contribution in [1.29, 1.82) is 0 Å². The maximum atomic E-state index is 13.1. The molecular formula is C9H11FN2. The summed E-state index contributed by atoms with van der Waals surface area (Å²) >= 11 is 0. The summed E-state index contributed by atoms with van der Waals surface area (Å²) in [5, 5.41) is 6.24. The number of hydrogen-bond donors (Lipinski definition) is 2. The molecule has 0 saturated carbocycles. The van der Waals surface area contributed by atoms with Crippen molar-refractivity contribution in [2.45, 2.75) is 13.0 Å². The zero-order chi connectivity index (χ0) is 8.55. The van der Waals surface area contributed by atoms with Crippen LogP contribution in [0.5, 0.6) is 0 Å². The highest BCUT2D eigenvalue weighted by atomic mass is 19.1. The number of fused-ring (bicyclic) bond motifs is 1. The number of hydrogen-bond acceptors (Lipinski definition) is 2. The van der Waals surface area contributed by atoms with Gasteiger partial charge in [0.15, 0.2) is 0 Å². The smallest absolute Gasteiger partial charge is 0.148 e. The summed E-state index contributed by atoms with van der Waals surface area (Å²) in [5.74, 6) is -0.188. The Morgan fingerprint density at radius 2 is 2.33 bits per heavy atom. The fourth-order valence-electron chi connectivity index (χ4n) is 1.38. The van der Waals surface area contributed by atoms with Crippen LogP contribution in [0.1, 0.15) is 6.92 Å². The van der Waals surface area contributed by atoms with E-state index in [9.17, 15) is 4.39 Å². The highest BCUT2D eigenvalue weighted by Crippen LogP contribution is 2.28. The van der Waals surface area contributed by atoms with Gasteiger partial charge in [0, 0.05) is 12.6 Å². The molecule has 0 fully saturated rings. The topological polar surface area (TPSA) is 24.1 Å². The van der Waals surface area contributed by atoms with Gasteiger partial charge in [0.05, 0.1) is 11.4 Å². The Morgan fingerprint density at radius 1 is 1.50 bits per heavy atom. The highest BCUT2D eigenvalue weighted by Gasteiger charge is 2.15. The lowest BCUT2D eigenvalue weighted by Gasteiger charge is -2.25. The zero-order valence-corrected chi connectivity index (χ0v) is 6.89. The molecule has 2 nitrogen and oxygen atoms in total. The zero-order valence-electron chi connectivity index (χ0n) is 6.89. The second kappa shape index (κ2) is 2.66. The van der Waals surface area contributed by atoms with Crippen LogP contribution in [0.3, 0.4) is 0 Å².